The number of carbonyl (C=O) groups excluding carboxylic acids is 2. The molecule has 0 spiro atoms. The maximum absolute atomic E-state index is 11.7. The van der Waals surface area contributed by atoms with E-state index in [1.807, 2.05) is 32.1 Å². The van der Waals surface area contributed by atoms with Crippen LogP contribution in [0.1, 0.15) is 33.6 Å². The molecule has 0 aromatic heterocycles. The molecule has 0 amide bonds. The zero-order chi connectivity index (χ0) is 11.4. The van der Waals surface area contributed by atoms with Gasteiger partial charge >= 0.3 is 0 Å². The summed E-state index contributed by atoms with van der Waals surface area (Å²) in [6.07, 6.45) is 6.80. The summed E-state index contributed by atoms with van der Waals surface area (Å²) in [5, 5.41) is 0. The van der Waals surface area contributed by atoms with Crippen LogP contribution in [-0.4, -0.2) is 11.6 Å². The molecule has 0 fully saturated rings. The van der Waals surface area contributed by atoms with Crippen LogP contribution < -0.4 is 0 Å². The number of carbonyl (C=O) groups is 2. The molecule has 0 aromatic rings. The first-order valence-electron chi connectivity index (χ1n) is 5.45. The van der Waals surface area contributed by atoms with E-state index in [4.69, 9.17) is 0 Å². The lowest BCUT2D eigenvalue weighted by molar-refractivity contribution is -0.127. The van der Waals surface area contributed by atoms with Gasteiger partial charge in [0.15, 0.2) is 5.78 Å². The monoisotopic (exact) mass is 206 g/mol. The largest absolute Gasteiger partial charge is 0.299 e. The third-order valence-electron chi connectivity index (χ3n) is 2.57. The van der Waals surface area contributed by atoms with Gasteiger partial charge in [-0.1, -0.05) is 39.0 Å². The van der Waals surface area contributed by atoms with E-state index in [9.17, 15) is 9.59 Å². The second kappa shape index (κ2) is 5.06. The molecule has 0 bridgehead atoms. The fraction of sp³-hybridized carbons (Fsp3) is 0.538. The lowest BCUT2D eigenvalue weighted by atomic mass is 9.92. The normalized spacial score (nSPS) is 20.3. The third kappa shape index (κ3) is 3.46. The van der Waals surface area contributed by atoms with Crippen LogP contribution in [0.15, 0.2) is 23.8 Å². The smallest absolute Gasteiger partial charge is 0.169 e. The van der Waals surface area contributed by atoms with Gasteiger partial charge in [-0.3, -0.25) is 9.59 Å². The minimum atomic E-state index is -0.0560. The Morgan fingerprint density at radius 2 is 2.13 bits per heavy atom. The van der Waals surface area contributed by atoms with E-state index in [1.54, 1.807) is 0 Å². The summed E-state index contributed by atoms with van der Waals surface area (Å²) in [5.41, 5.74) is 0.697. The number of hydrogen-bond acceptors (Lipinski definition) is 2. The fourth-order valence-corrected chi connectivity index (χ4v) is 1.49. The zero-order valence-corrected chi connectivity index (χ0v) is 9.62. The molecule has 1 rings (SSSR count). The van der Waals surface area contributed by atoms with E-state index in [2.05, 4.69) is 6.92 Å². The van der Waals surface area contributed by atoms with Crippen LogP contribution in [0.2, 0.25) is 0 Å². The Balaban J connectivity index is 2.62. The Morgan fingerprint density at radius 3 is 2.67 bits per heavy atom. The Morgan fingerprint density at radius 1 is 1.47 bits per heavy atom. The first-order chi connectivity index (χ1) is 7.00. The fourth-order valence-electron chi connectivity index (χ4n) is 1.49. The van der Waals surface area contributed by atoms with E-state index in [0.717, 1.165) is 6.42 Å². The highest BCUT2D eigenvalue weighted by Gasteiger charge is 2.17. The van der Waals surface area contributed by atoms with Gasteiger partial charge in [-0.2, -0.15) is 0 Å². The molecule has 15 heavy (non-hydrogen) atoms. The molecular formula is C13H18O2. The minimum absolute atomic E-state index is 0.0209. The summed E-state index contributed by atoms with van der Waals surface area (Å²) >= 11 is 0. The maximum Gasteiger partial charge on any atom is 0.169 e. The summed E-state index contributed by atoms with van der Waals surface area (Å²) in [4.78, 5) is 23.1. The molecule has 1 atom stereocenters. The number of hydrogen-bond donors (Lipinski definition) is 0. The SMILES string of the molecule is CC1C=C(C(=O)CC(=O)C(C)C)C=CC1. The molecule has 0 aromatic carbocycles. The van der Waals surface area contributed by atoms with Gasteiger partial charge < -0.3 is 0 Å². The van der Waals surface area contributed by atoms with E-state index in [1.165, 1.54) is 0 Å². The van der Waals surface area contributed by atoms with Crippen LogP contribution in [0.5, 0.6) is 0 Å². The molecule has 0 heterocycles. The van der Waals surface area contributed by atoms with Crippen LogP contribution in [0, 0.1) is 11.8 Å². The second-order valence-electron chi connectivity index (χ2n) is 4.46. The van der Waals surface area contributed by atoms with Crippen LogP contribution in [0.25, 0.3) is 0 Å². The van der Waals surface area contributed by atoms with Crippen molar-refractivity contribution in [2.75, 3.05) is 0 Å². The third-order valence-corrected chi connectivity index (χ3v) is 2.57. The van der Waals surface area contributed by atoms with Crippen molar-refractivity contribution < 1.29 is 9.59 Å². The van der Waals surface area contributed by atoms with Gasteiger partial charge in [0.1, 0.15) is 5.78 Å². The molecule has 0 aliphatic heterocycles. The topological polar surface area (TPSA) is 34.1 Å². The Bertz CT molecular complexity index is 321. The first-order valence-corrected chi connectivity index (χ1v) is 5.45. The van der Waals surface area contributed by atoms with Gasteiger partial charge in [-0.25, -0.2) is 0 Å². The van der Waals surface area contributed by atoms with Crippen LogP contribution in [-0.2, 0) is 9.59 Å². The lowest BCUT2D eigenvalue weighted by Gasteiger charge is -2.11. The molecule has 1 unspecified atom stereocenters. The van der Waals surface area contributed by atoms with Gasteiger partial charge in [0.2, 0.25) is 0 Å². The van der Waals surface area contributed by atoms with Crippen LogP contribution in [0.3, 0.4) is 0 Å². The van der Waals surface area contributed by atoms with Crippen LogP contribution >= 0.6 is 0 Å². The molecule has 0 N–H and O–H groups in total. The maximum atomic E-state index is 11.7. The molecule has 1 aliphatic carbocycles. The van der Waals surface area contributed by atoms with Crippen molar-refractivity contribution in [3.63, 3.8) is 0 Å². The minimum Gasteiger partial charge on any atom is -0.299 e. The quantitative estimate of drug-likeness (QED) is 0.663. The van der Waals surface area contributed by atoms with Gasteiger partial charge in [0, 0.05) is 11.5 Å². The molecule has 0 saturated carbocycles. The molecular weight excluding hydrogens is 188 g/mol. The van der Waals surface area contributed by atoms with E-state index < -0.39 is 0 Å². The van der Waals surface area contributed by atoms with E-state index >= 15 is 0 Å². The predicted octanol–water partition coefficient (Wildman–Crippen LogP) is 2.69. The van der Waals surface area contributed by atoms with Crippen molar-refractivity contribution in [3.8, 4) is 0 Å². The van der Waals surface area contributed by atoms with E-state index in [-0.39, 0.29) is 23.9 Å². The summed E-state index contributed by atoms with van der Waals surface area (Å²) in [7, 11) is 0. The zero-order valence-electron chi connectivity index (χ0n) is 9.62. The lowest BCUT2D eigenvalue weighted by Crippen LogP contribution is -2.15. The summed E-state index contributed by atoms with van der Waals surface area (Å²) in [6.45, 7) is 5.72. The molecule has 1 aliphatic rings. The highest BCUT2D eigenvalue weighted by molar-refractivity contribution is 6.09. The number of ketones is 2. The van der Waals surface area contributed by atoms with E-state index in [0.29, 0.717) is 11.5 Å². The predicted molar refractivity (Wildman–Crippen MR) is 60.5 cm³/mol. The summed E-state index contributed by atoms with van der Waals surface area (Å²) in [5.74, 6) is 0.326. The summed E-state index contributed by atoms with van der Waals surface area (Å²) < 4.78 is 0. The van der Waals surface area contributed by atoms with Crippen molar-refractivity contribution >= 4 is 11.6 Å². The highest BCUT2D eigenvalue weighted by atomic mass is 16.1. The van der Waals surface area contributed by atoms with Crippen molar-refractivity contribution in [1.82, 2.24) is 0 Å². The van der Waals surface area contributed by atoms with Gasteiger partial charge in [-0.15, -0.1) is 0 Å². The van der Waals surface area contributed by atoms with Gasteiger partial charge in [0.25, 0.3) is 0 Å². The Hall–Kier alpha value is -1.18. The van der Waals surface area contributed by atoms with Crippen molar-refractivity contribution in [2.45, 2.75) is 33.6 Å². The van der Waals surface area contributed by atoms with Gasteiger partial charge in [-0.05, 0) is 12.3 Å². The average Bonchev–Trinajstić information content (AvgIpc) is 2.17. The standard InChI is InChI=1S/C13H18O2/c1-9(2)12(14)8-13(15)11-6-4-5-10(3)7-11/h4,6-7,9-10H,5,8H2,1-3H3. The van der Waals surface area contributed by atoms with Crippen molar-refractivity contribution in [3.05, 3.63) is 23.8 Å². The molecule has 82 valence electrons. The number of rotatable bonds is 4. The van der Waals surface area contributed by atoms with Crippen LogP contribution in [0.4, 0.5) is 0 Å². The molecule has 2 heteroatoms. The Kier molecular flexibility index (Phi) is 4.01. The average molecular weight is 206 g/mol. The highest BCUT2D eigenvalue weighted by Crippen LogP contribution is 2.18. The van der Waals surface area contributed by atoms with Crippen molar-refractivity contribution in [1.29, 1.82) is 0 Å². The Labute approximate surface area is 91.1 Å². The first kappa shape index (κ1) is 11.9. The molecule has 0 radical (unpaired) electrons. The number of Topliss-reactive ketones (excluding diaryl/α,β-unsaturated/α-hetero) is 2. The van der Waals surface area contributed by atoms with Gasteiger partial charge in [0.05, 0.1) is 6.42 Å². The van der Waals surface area contributed by atoms with Crippen molar-refractivity contribution in [2.24, 2.45) is 11.8 Å². The number of allylic oxidation sites excluding steroid dienone is 4. The second-order valence-corrected chi connectivity index (χ2v) is 4.46. The molecule has 0 saturated heterocycles. The molecule has 2 nitrogen and oxygen atoms in total. The summed E-state index contributed by atoms with van der Waals surface area (Å²) in [6, 6.07) is 0.